The van der Waals surface area contributed by atoms with Crippen molar-refractivity contribution < 1.29 is 69.2 Å². The Labute approximate surface area is 602 Å². The van der Waals surface area contributed by atoms with Crippen LogP contribution in [0.2, 0.25) is 90.7 Å². The fraction of sp³-hybridized carbons (Fsp3) is 0.844. The van der Waals surface area contributed by atoms with E-state index in [0.717, 1.165) is 43.3 Å². The van der Waals surface area contributed by atoms with E-state index in [1.807, 2.05) is 13.0 Å². The van der Waals surface area contributed by atoms with Crippen LogP contribution < -0.4 is 0 Å². The first kappa shape index (κ1) is 85.9. The molecule has 0 amide bonds. The quantitative estimate of drug-likeness (QED) is 0.0549. The van der Waals surface area contributed by atoms with Gasteiger partial charge in [0, 0.05) is 38.9 Å². The SMILES string of the molecule is C=C1C(CC2OC(C[C@@H](CO[Si](C)(C)C(C)(C)C)O[Si](C)(C)C(C)(C)C)[C@H](OC)C2[C@H](C(O)C[C@H]2CC[C@@H]3O[C@@H]([C@H](C=CC)O[Si](C)(C)C(C)(C)C)[C@@H](O[Si](C)(C)C(C)(C)C)[C@@H](O[Si](C)(C)C(C)(C)C)[C@H]3O2)S(=O)(=O)c2ccccc2)O[C@@H](CC[C@@H]2OC(CCCO)CC2=C)C[C@H]1C. The molecule has 1 aromatic carbocycles. The number of benzene rings is 1. The van der Waals surface area contributed by atoms with Crippen LogP contribution in [0.4, 0.5) is 0 Å². The molecule has 0 radical (unpaired) electrons. The minimum atomic E-state index is -4.42. The molecule has 5 heterocycles. The fourth-order valence-corrected chi connectivity index (χ4v) is 22.1. The second kappa shape index (κ2) is 33.0. The molecule has 1 aromatic rings. The summed E-state index contributed by atoms with van der Waals surface area (Å²) in [5.74, 6) is -0.835. The second-order valence-corrected chi connectivity index (χ2v) is 63.6. The molecule has 5 aliphatic heterocycles. The molecule has 566 valence electrons. The van der Waals surface area contributed by atoms with Crippen LogP contribution in [0.15, 0.2) is 71.7 Å². The predicted molar refractivity (Wildman–Crippen MR) is 413 cm³/mol. The third-order valence-electron chi connectivity index (χ3n) is 25.1. The third kappa shape index (κ3) is 20.8. The molecular formula is C77H142O15SSi5. The summed E-state index contributed by atoms with van der Waals surface area (Å²) in [7, 11) is -15.2. The van der Waals surface area contributed by atoms with Gasteiger partial charge in [0.15, 0.2) is 51.4 Å². The molecule has 98 heavy (non-hydrogen) atoms. The van der Waals surface area contributed by atoms with E-state index in [1.54, 1.807) is 31.4 Å². The molecule has 15 nitrogen and oxygen atoms in total. The van der Waals surface area contributed by atoms with Crippen molar-refractivity contribution in [3.63, 3.8) is 0 Å². The maximum absolute atomic E-state index is 16.3. The summed E-state index contributed by atoms with van der Waals surface area (Å²) >= 11 is 0. The normalized spacial score (nSPS) is 30.8. The predicted octanol–water partition coefficient (Wildman–Crippen LogP) is 17.8. The lowest BCUT2D eigenvalue weighted by Gasteiger charge is -2.56. The van der Waals surface area contributed by atoms with Crippen molar-refractivity contribution in [3.8, 4) is 0 Å². The van der Waals surface area contributed by atoms with Crippen LogP contribution in [0.3, 0.4) is 0 Å². The molecule has 0 aliphatic carbocycles. The number of fused-ring (bicyclic) bond motifs is 1. The first-order chi connectivity index (χ1) is 44.7. The maximum Gasteiger partial charge on any atom is 0.193 e. The summed E-state index contributed by atoms with van der Waals surface area (Å²) in [4.78, 5) is 0.102. The molecule has 5 aliphatic rings. The van der Waals surface area contributed by atoms with Crippen molar-refractivity contribution in [1.29, 1.82) is 0 Å². The Bertz CT molecular complexity index is 2870. The van der Waals surface area contributed by atoms with Crippen molar-refractivity contribution in [1.82, 2.24) is 0 Å². The van der Waals surface area contributed by atoms with E-state index >= 15 is 8.42 Å². The number of hydrogen-bond donors (Lipinski definition) is 2. The smallest absolute Gasteiger partial charge is 0.193 e. The van der Waals surface area contributed by atoms with Gasteiger partial charge in [-0.1, -0.05) is 154 Å². The van der Waals surface area contributed by atoms with Crippen LogP contribution in [0.1, 0.15) is 188 Å². The summed E-state index contributed by atoms with van der Waals surface area (Å²) in [5.41, 5.74) is 2.00. The highest BCUT2D eigenvalue weighted by atomic mass is 32.2. The fourth-order valence-electron chi connectivity index (χ4n) is 13.7. The minimum absolute atomic E-state index is 0.0114. The number of sulfone groups is 1. The van der Waals surface area contributed by atoms with Crippen LogP contribution in [0.5, 0.6) is 0 Å². The molecule has 2 N–H and O–H groups in total. The standard InChI is InChI=1S/C77H142O15SSi5/c1-31-36-62(90-96(25,26)75(11,12)13)69-71(92-98(29,30)77(17,18)19)70(91-97(27,28)76(14,15)16)68-61(88-69)43-41-56(86-68)47-59(79)72(93(80,81)58-38-33-32-34-39-58)66-64(49-63-53(4)51(2)45-55(85-63)40-42-60-52(3)46-54(84-60)37-35-44-78)87-65(67(66)82-20)48-57(89-95(23,24)74(8,9)10)50-83-94(21,22)73(5,6)7/h31-34,36,38-39,51,54-57,59-72,78-79H,3-4,35,37,40-50H2,1-2,5-30H3/t51-,54?,55+,56-,57+,59?,60+,61+,62+,63?,64?,65?,66?,67+,68+,69+,70+,71-,72+/m1/s1. The second-order valence-electron chi connectivity index (χ2n) is 37.7. The van der Waals surface area contributed by atoms with Crippen molar-refractivity contribution in [2.75, 3.05) is 20.3 Å². The lowest BCUT2D eigenvalue weighted by molar-refractivity contribution is -0.268. The Balaban J connectivity index is 1.48. The highest BCUT2D eigenvalue weighted by Gasteiger charge is 2.61. The van der Waals surface area contributed by atoms with Crippen LogP contribution in [-0.2, 0) is 60.4 Å². The van der Waals surface area contributed by atoms with Gasteiger partial charge in [0.25, 0.3) is 0 Å². The molecule has 19 atom stereocenters. The molecule has 5 fully saturated rings. The van der Waals surface area contributed by atoms with Crippen LogP contribution in [0.25, 0.3) is 0 Å². The van der Waals surface area contributed by atoms with Gasteiger partial charge < -0.3 is 60.8 Å². The first-order valence-corrected chi connectivity index (χ1v) is 53.6. The van der Waals surface area contributed by atoms with Crippen LogP contribution in [0, 0.1) is 11.8 Å². The van der Waals surface area contributed by atoms with E-state index in [2.05, 4.69) is 195 Å². The molecule has 6 unspecified atom stereocenters. The molecule has 6 rings (SSSR count). The zero-order valence-electron chi connectivity index (χ0n) is 66.7. The first-order valence-electron chi connectivity index (χ1n) is 37.5. The Morgan fingerprint density at radius 1 is 0.633 bits per heavy atom. The summed E-state index contributed by atoms with van der Waals surface area (Å²) < 4.78 is 113. The van der Waals surface area contributed by atoms with Crippen LogP contribution >= 0.6 is 0 Å². The molecule has 21 heteroatoms. The summed E-state index contributed by atoms with van der Waals surface area (Å²) in [5, 5.41) is 21.2. The highest BCUT2D eigenvalue weighted by molar-refractivity contribution is 7.92. The summed E-state index contributed by atoms with van der Waals surface area (Å²) in [6.07, 6.45) is 1.56. The van der Waals surface area contributed by atoms with E-state index in [0.29, 0.717) is 32.3 Å². The number of ether oxygens (including phenoxy) is 6. The van der Waals surface area contributed by atoms with Gasteiger partial charge in [-0.3, -0.25) is 0 Å². The van der Waals surface area contributed by atoms with E-state index < -0.39 is 142 Å². The molecule has 0 aromatic heterocycles. The van der Waals surface area contributed by atoms with Gasteiger partial charge in [-0.2, -0.15) is 0 Å². The van der Waals surface area contributed by atoms with Gasteiger partial charge in [-0.15, -0.1) is 0 Å². The Morgan fingerprint density at radius 3 is 1.72 bits per heavy atom. The van der Waals surface area contributed by atoms with Crippen LogP contribution in [-0.4, -0.2) is 183 Å². The van der Waals surface area contributed by atoms with E-state index in [1.165, 1.54) is 0 Å². The van der Waals surface area contributed by atoms with Crippen molar-refractivity contribution in [2.24, 2.45) is 11.8 Å². The van der Waals surface area contributed by atoms with Gasteiger partial charge in [0.2, 0.25) is 0 Å². The molecular weight excluding hydrogens is 1340 g/mol. The molecule has 0 bridgehead atoms. The average molecular weight is 1480 g/mol. The Morgan fingerprint density at radius 2 is 1.18 bits per heavy atom. The lowest BCUT2D eigenvalue weighted by atomic mass is 9.80. The zero-order chi connectivity index (χ0) is 74.1. The topological polar surface area (TPSA) is 176 Å². The highest BCUT2D eigenvalue weighted by Crippen LogP contribution is 2.51. The third-order valence-corrected chi connectivity index (χ3v) is 49.8. The molecule has 5 saturated heterocycles. The summed E-state index contributed by atoms with van der Waals surface area (Å²) in [6, 6.07) is 8.57. The number of allylic oxidation sites excluding steroid dienone is 1. The van der Waals surface area contributed by atoms with E-state index in [-0.39, 0.29) is 73.8 Å². The Hall–Kier alpha value is -1.05. The Kier molecular flexibility index (Phi) is 28.9. The maximum atomic E-state index is 16.3. The van der Waals surface area contributed by atoms with Gasteiger partial charge in [-0.05, 0) is 178 Å². The zero-order valence-corrected chi connectivity index (χ0v) is 72.5. The molecule has 0 spiro atoms. The number of aliphatic hydroxyl groups excluding tert-OH is 2. The van der Waals surface area contributed by atoms with Crippen molar-refractivity contribution in [3.05, 3.63) is 66.8 Å². The van der Waals surface area contributed by atoms with Crippen molar-refractivity contribution >= 4 is 51.4 Å². The number of methoxy groups -OCH3 is 1. The minimum Gasteiger partial charge on any atom is -0.414 e. The number of hydrogen-bond acceptors (Lipinski definition) is 15. The lowest BCUT2D eigenvalue weighted by Crippen LogP contribution is -2.69. The van der Waals surface area contributed by atoms with Gasteiger partial charge in [0.1, 0.15) is 24.4 Å². The number of rotatable bonds is 30. The largest absolute Gasteiger partial charge is 0.414 e. The monoisotopic (exact) mass is 1480 g/mol. The van der Waals surface area contributed by atoms with Gasteiger partial charge in [-0.25, -0.2) is 8.42 Å². The van der Waals surface area contributed by atoms with E-state index in [9.17, 15) is 10.2 Å². The number of aliphatic hydroxyl groups is 2. The van der Waals surface area contributed by atoms with Crippen molar-refractivity contribution in [2.45, 2.75) is 387 Å². The van der Waals surface area contributed by atoms with Gasteiger partial charge in [0.05, 0.1) is 90.0 Å². The average Bonchev–Trinajstić information content (AvgIpc) is 1.09. The summed E-state index contributed by atoms with van der Waals surface area (Å²) in [6.45, 7) is 70.3. The van der Waals surface area contributed by atoms with Gasteiger partial charge >= 0.3 is 0 Å². The van der Waals surface area contributed by atoms with E-state index in [4.69, 9.17) is 57.1 Å². The molecule has 0 saturated carbocycles.